The number of rotatable bonds is 6. The number of anilines is 1. The average molecular weight is 376 g/mol. The third-order valence-electron chi connectivity index (χ3n) is 5.37. The Morgan fingerprint density at radius 3 is 2.62 bits per heavy atom. The first-order valence-corrected chi connectivity index (χ1v) is 10.9. The second-order valence-electron chi connectivity index (χ2n) is 7.18. The van der Waals surface area contributed by atoms with Gasteiger partial charge in [-0.15, -0.1) is 0 Å². The standard InChI is InChI=1S/C20H33N5S/c1-17(15-22-20(21-2)23-16-19-9-6-14-26-19)24-10-12-25(13-11-24)18-7-4-3-5-8-18/h3-5,7-8,17,19H,6,9-16H2,1-2H3,(H2,21,22,23). The van der Waals surface area contributed by atoms with Crippen LogP contribution in [-0.4, -0.2) is 74.2 Å². The van der Waals surface area contributed by atoms with Gasteiger partial charge in [0.2, 0.25) is 0 Å². The summed E-state index contributed by atoms with van der Waals surface area (Å²) in [4.78, 5) is 9.43. The van der Waals surface area contributed by atoms with Crippen molar-refractivity contribution in [3.8, 4) is 0 Å². The zero-order chi connectivity index (χ0) is 18.2. The van der Waals surface area contributed by atoms with Crippen LogP contribution in [0.1, 0.15) is 19.8 Å². The van der Waals surface area contributed by atoms with Crippen molar-refractivity contribution in [2.75, 3.05) is 57.0 Å². The Morgan fingerprint density at radius 1 is 1.19 bits per heavy atom. The van der Waals surface area contributed by atoms with Gasteiger partial charge in [0.05, 0.1) is 0 Å². The van der Waals surface area contributed by atoms with E-state index in [-0.39, 0.29) is 0 Å². The molecule has 1 aromatic rings. The van der Waals surface area contributed by atoms with Gasteiger partial charge in [0.1, 0.15) is 0 Å². The highest BCUT2D eigenvalue weighted by Gasteiger charge is 2.21. The van der Waals surface area contributed by atoms with Crippen molar-refractivity contribution in [2.24, 2.45) is 4.99 Å². The van der Waals surface area contributed by atoms with Crippen LogP contribution in [0.3, 0.4) is 0 Å². The molecule has 0 aliphatic carbocycles. The van der Waals surface area contributed by atoms with Crippen LogP contribution in [0, 0.1) is 0 Å². The summed E-state index contributed by atoms with van der Waals surface area (Å²) >= 11 is 2.08. The normalized spacial score (nSPS) is 23.1. The Hall–Kier alpha value is -1.40. The Morgan fingerprint density at radius 2 is 1.96 bits per heavy atom. The van der Waals surface area contributed by atoms with Gasteiger partial charge in [-0.3, -0.25) is 9.89 Å². The minimum Gasteiger partial charge on any atom is -0.369 e. The highest BCUT2D eigenvalue weighted by molar-refractivity contribution is 8.00. The molecule has 0 radical (unpaired) electrons. The van der Waals surface area contributed by atoms with Gasteiger partial charge in [-0.2, -0.15) is 11.8 Å². The molecule has 144 valence electrons. The molecule has 3 rings (SSSR count). The van der Waals surface area contributed by atoms with Crippen LogP contribution in [0.4, 0.5) is 5.69 Å². The quantitative estimate of drug-likeness (QED) is 0.590. The van der Waals surface area contributed by atoms with Crippen molar-refractivity contribution >= 4 is 23.4 Å². The van der Waals surface area contributed by atoms with Crippen LogP contribution in [0.15, 0.2) is 35.3 Å². The highest BCUT2D eigenvalue weighted by atomic mass is 32.2. The molecule has 2 aliphatic heterocycles. The van der Waals surface area contributed by atoms with Crippen LogP contribution in [0.25, 0.3) is 0 Å². The Balaban J connectivity index is 1.37. The molecule has 2 saturated heterocycles. The lowest BCUT2D eigenvalue weighted by molar-refractivity contribution is 0.197. The van der Waals surface area contributed by atoms with Crippen LogP contribution in [0.2, 0.25) is 0 Å². The van der Waals surface area contributed by atoms with Gasteiger partial charge >= 0.3 is 0 Å². The van der Waals surface area contributed by atoms with E-state index >= 15 is 0 Å². The Kier molecular flexibility index (Phi) is 7.50. The zero-order valence-corrected chi connectivity index (χ0v) is 17.0. The van der Waals surface area contributed by atoms with Crippen molar-refractivity contribution in [3.05, 3.63) is 30.3 Å². The van der Waals surface area contributed by atoms with Crippen molar-refractivity contribution < 1.29 is 0 Å². The lowest BCUT2D eigenvalue weighted by Gasteiger charge is -2.39. The zero-order valence-electron chi connectivity index (χ0n) is 16.2. The molecule has 5 nitrogen and oxygen atoms in total. The number of nitrogens with one attached hydrogen (secondary N) is 2. The van der Waals surface area contributed by atoms with Gasteiger partial charge in [0, 0.05) is 63.3 Å². The molecular weight excluding hydrogens is 342 g/mol. The van der Waals surface area contributed by atoms with Crippen molar-refractivity contribution in [1.29, 1.82) is 0 Å². The molecule has 0 saturated carbocycles. The number of aliphatic imine (C=N–C) groups is 1. The molecule has 2 unspecified atom stereocenters. The summed E-state index contributed by atoms with van der Waals surface area (Å²) in [6, 6.07) is 11.2. The third kappa shape index (κ3) is 5.55. The van der Waals surface area contributed by atoms with Gasteiger partial charge in [-0.25, -0.2) is 0 Å². The largest absolute Gasteiger partial charge is 0.369 e. The van der Waals surface area contributed by atoms with Crippen molar-refractivity contribution in [1.82, 2.24) is 15.5 Å². The molecule has 6 heteroatoms. The third-order valence-corrected chi connectivity index (χ3v) is 6.77. The summed E-state index contributed by atoms with van der Waals surface area (Å²) in [6.07, 6.45) is 2.69. The molecule has 2 aliphatic rings. The average Bonchev–Trinajstić information content (AvgIpc) is 3.22. The second-order valence-corrected chi connectivity index (χ2v) is 8.58. The Bertz CT molecular complexity index is 551. The summed E-state index contributed by atoms with van der Waals surface area (Å²) < 4.78 is 0. The molecule has 2 heterocycles. The molecule has 0 spiro atoms. The van der Waals surface area contributed by atoms with Crippen LogP contribution >= 0.6 is 11.8 Å². The summed E-state index contributed by atoms with van der Waals surface area (Å²) in [5, 5.41) is 7.74. The topological polar surface area (TPSA) is 42.9 Å². The second kappa shape index (κ2) is 10.1. The highest BCUT2D eigenvalue weighted by Crippen LogP contribution is 2.25. The fourth-order valence-electron chi connectivity index (χ4n) is 3.67. The number of hydrogen-bond donors (Lipinski definition) is 2. The monoisotopic (exact) mass is 375 g/mol. The molecule has 2 fully saturated rings. The van der Waals surface area contributed by atoms with Gasteiger partial charge in [-0.1, -0.05) is 18.2 Å². The number of benzene rings is 1. The first-order valence-electron chi connectivity index (χ1n) is 9.86. The maximum Gasteiger partial charge on any atom is 0.191 e. The molecule has 0 amide bonds. The molecular formula is C20H33N5S. The number of thioether (sulfide) groups is 1. The van der Waals surface area contributed by atoms with Gasteiger partial charge in [0.25, 0.3) is 0 Å². The smallest absolute Gasteiger partial charge is 0.191 e. The predicted molar refractivity (Wildman–Crippen MR) is 115 cm³/mol. The minimum atomic E-state index is 0.507. The fourth-order valence-corrected chi connectivity index (χ4v) is 4.87. The van der Waals surface area contributed by atoms with E-state index < -0.39 is 0 Å². The predicted octanol–water partition coefficient (Wildman–Crippen LogP) is 2.26. The van der Waals surface area contributed by atoms with E-state index in [1.54, 1.807) is 0 Å². The van der Waals surface area contributed by atoms with E-state index in [1.807, 2.05) is 7.05 Å². The Labute approximate surface area is 162 Å². The minimum absolute atomic E-state index is 0.507. The van der Waals surface area contributed by atoms with Gasteiger partial charge in [0.15, 0.2) is 5.96 Å². The number of piperazine rings is 1. The van der Waals surface area contributed by atoms with Crippen LogP contribution in [0.5, 0.6) is 0 Å². The number of hydrogen-bond acceptors (Lipinski definition) is 4. The maximum absolute atomic E-state index is 4.38. The summed E-state index contributed by atoms with van der Waals surface area (Å²) in [6.45, 7) is 8.69. The molecule has 1 aromatic carbocycles. The molecule has 26 heavy (non-hydrogen) atoms. The van der Waals surface area contributed by atoms with E-state index in [1.165, 1.54) is 24.3 Å². The van der Waals surface area contributed by atoms with Crippen LogP contribution < -0.4 is 15.5 Å². The maximum atomic E-state index is 4.38. The lowest BCUT2D eigenvalue weighted by atomic mass is 10.2. The molecule has 2 atom stereocenters. The summed E-state index contributed by atoms with van der Waals surface area (Å²) in [7, 11) is 1.86. The van der Waals surface area contributed by atoms with E-state index in [0.29, 0.717) is 6.04 Å². The van der Waals surface area contributed by atoms with E-state index in [9.17, 15) is 0 Å². The number of guanidine groups is 1. The van der Waals surface area contributed by atoms with Gasteiger partial charge < -0.3 is 15.5 Å². The molecule has 0 bridgehead atoms. The van der Waals surface area contributed by atoms with Crippen molar-refractivity contribution in [2.45, 2.75) is 31.1 Å². The van der Waals surface area contributed by atoms with E-state index in [2.05, 4.69) is 74.4 Å². The summed E-state index contributed by atoms with van der Waals surface area (Å²) in [5.74, 6) is 2.25. The number of para-hydroxylation sites is 1. The van der Waals surface area contributed by atoms with E-state index in [0.717, 1.165) is 50.5 Å². The first kappa shape index (κ1) is 19.4. The first-order chi connectivity index (χ1) is 12.8. The fraction of sp³-hybridized carbons (Fsp3) is 0.650. The molecule has 0 aromatic heterocycles. The van der Waals surface area contributed by atoms with Gasteiger partial charge in [-0.05, 0) is 37.7 Å². The van der Waals surface area contributed by atoms with Crippen LogP contribution in [-0.2, 0) is 0 Å². The lowest BCUT2D eigenvalue weighted by Crippen LogP contribution is -2.53. The summed E-state index contributed by atoms with van der Waals surface area (Å²) in [5.41, 5.74) is 1.34. The number of nitrogens with zero attached hydrogens (tertiary/aromatic N) is 3. The molecule has 2 N–H and O–H groups in total. The van der Waals surface area contributed by atoms with Crippen molar-refractivity contribution in [3.63, 3.8) is 0 Å². The SMILES string of the molecule is CN=C(NCC1CCCS1)NCC(C)N1CCN(c2ccccc2)CC1. The van der Waals surface area contributed by atoms with E-state index in [4.69, 9.17) is 0 Å².